The van der Waals surface area contributed by atoms with E-state index in [-0.39, 0.29) is 12.6 Å². The molecule has 1 N–H and O–H groups in total. The van der Waals surface area contributed by atoms with Gasteiger partial charge >= 0.3 is 0 Å². The van der Waals surface area contributed by atoms with Crippen LogP contribution in [-0.4, -0.2) is 43.7 Å². The standard InChI is InChI=1S/C20H21F3N2O2/c1-13-3-2-4-14(11-13)17(25-7-9-27-10-8-25)12-24-20(26)15-5-6-16(21)19(23)18(15)22/h2-6,11,17H,7-10,12H2,1H3,(H,24,26). The Bertz CT molecular complexity index is 823. The summed E-state index contributed by atoms with van der Waals surface area (Å²) in [5, 5.41) is 2.65. The Morgan fingerprint density at radius 1 is 1.15 bits per heavy atom. The van der Waals surface area contributed by atoms with Crippen molar-refractivity contribution in [3.05, 3.63) is 70.5 Å². The van der Waals surface area contributed by atoms with Crippen LogP contribution in [0.2, 0.25) is 0 Å². The van der Waals surface area contributed by atoms with E-state index in [1.807, 2.05) is 31.2 Å². The third-order valence-corrected chi connectivity index (χ3v) is 4.65. The van der Waals surface area contributed by atoms with Crippen LogP contribution in [0, 0.1) is 24.4 Å². The topological polar surface area (TPSA) is 41.6 Å². The molecule has 7 heteroatoms. The van der Waals surface area contributed by atoms with Crippen molar-refractivity contribution < 1.29 is 22.7 Å². The number of nitrogens with zero attached hydrogens (tertiary/aromatic N) is 1. The molecular formula is C20H21F3N2O2. The Morgan fingerprint density at radius 3 is 2.59 bits per heavy atom. The smallest absolute Gasteiger partial charge is 0.254 e. The molecule has 1 fully saturated rings. The molecule has 144 valence electrons. The summed E-state index contributed by atoms with van der Waals surface area (Å²) in [6.45, 7) is 4.78. The van der Waals surface area contributed by atoms with Gasteiger partial charge < -0.3 is 10.1 Å². The van der Waals surface area contributed by atoms with Crippen LogP contribution in [0.4, 0.5) is 13.2 Å². The molecule has 3 rings (SSSR count). The third-order valence-electron chi connectivity index (χ3n) is 4.65. The molecule has 4 nitrogen and oxygen atoms in total. The van der Waals surface area contributed by atoms with E-state index in [4.69, 9.17) is 4.74 Å². The molecule has 2 aromatic rings. The number of hydrogen-bond donors (Lipinski definition) is 1. The highest BCUT2D eigenvalue weighted by atomic mass is 19.2. The largest absolute Gasteiger partial charge is 0.379 e. The van der Waals surface area contributed by atoms with Crippen molar-refractivity contribution in [3.8, 4) is 0 Å². The molecule has 0 bridgehead atoms. The molecule has 27 heavy (non-hydrogen) atoms. The fourth-order valence-electron chi connectivity index (χ4n) is 3.21. The molecule has 0 radical (unpaired) electrons. The lowest BCUT2D eigenvalue weighted by atomic mass is 10.0. The van der Waals surface area contributed by atoms with Gasteiger partial charge in [0.25, 0.3) is 5.91 Å². The van der Waals surface area contributed by atoms with E-state index >= 15 is 0 Å². The minimum absolute atomic E-state index is 0.133. The van der Waals surface area contributed by atoms with Gasteiger partial charge in [-0.1, -0.05) is 29.8 Å². The van der Waals surface area contributed by atoms with Crippen molar-refractivity contribution in [3.63, 3.8) is 0 Å². The van der Waals surface area contributed by atoms with Gasteiger partial charge in [0.2, 0.25) is 0 Å². The maximum absolute atomic E-state index is 13.9. The number of ether oxygens (including phenoxy) is 1. The van der Waals surface area contributed by atoms with Gasteiger partial charge in [-0.2, -0.15) is 0 Å². The molecule has 0 aliphatic carbocycles. The first-order valence-corrected chi connectivity index (χ1v) is 8.77. The van der Waals surface area contributed by atoms with Crippen molar-refractivity contribution in [1.29, 1.82) is 0 Å². The minimum Gasteiger partial charge on any atom is -0.379 e. The number of hydrogen-bond acceptors (Lipinski definition) is 3. The lowest BCUT2D eigenvalue weighted by Crippen LogP contribution is -2.44. The summed E-state index contributed by atoms with van der Waals surface area (Å²) in [4.78, 5) is 14.5. The second-order valence-electron chi connectivity index (χ2n) is 6.51. The van der Waals surface area contributed by atoms with Crippen LogP contribution in [0.1, 0.15) is 27.5 Å². The summed E-state index contributed by atoms with van der Waals surface area (Å²) < 4.78 is 45.7. The number of benzene rings is 2. The summed E-state index contributed by atoms with van der Waals surface area (Å²) >= 11 is 0. The average Bonchev–Trinajstić information content (AvgIpc) is 2.67. The summed E-state index contributed by atoms with van der Waals surface area (Å²) in [5.41, 5.74) is 1.59. The van der Waals surface area contributed by atoms with Crippen LogP contribution in [0.3, 0.4) is 0 Å². The van der Waals surface area contributed by atoms with Crippen LogP contribution >= 0.6 is 0 Å². The number of aryl methyl sites for hydroxylation is 1. The first kappa shape index (κ1) is 19.4. The van der Waals surface area contributed by atoms with Gasteiger partial charge in [-0.25, -0.2) is 13.2 Å². The van der Waals surface area contributed by atoms with Gasteiger partial charge in [0.05, 0.1) is 24.8 Å². The molecule has 1 unspecified atom stereocenters. The molecule has 1 aliphatic heterocycles. The molecule has 0 saturated carbocycles. The highest BCUT2D eigenvalue weighted by molar-refractivity contribution is 5.94. The van der Waals surface area contributed by atoms with Gasteiger partial charge in [0.1, 0.15) is 0 Å². The second-order valence-corrected chi connectivity index (χ2v) is 6.51. The predicted molar refractivity (Wildman–Crippen MR) is 95.0 cm³/mol. The molecule has 1 amide bonds. The fraction of sp³-hybridized carbons (Fsp3) is 0.350. The average molecular weight is 378 g/mol. The van der Waals surface area contributed by atoms with Crippen LogP contribution in [0.15, 0.2) is 36.4 Å². The fourth-order valence-corrected chi connectivity index (χ4v) is 3.21. The lowest BCUT2D eigenvalue weighted by Gasteiger charge is -2.35. The number of amides is 1. The van der Waals surface area contributed by atoms with Crippen LogP contribution in [-0.2, 0) is 4.74 Å². The van der Waals surface area contributed by atoms with E-state index in [2.05, 4.69) is 10.2 Å². The lowest BCUT2D eigenvalue weighted by molar-refractivity contribution is 0.0162. The van der Waals surface area contributed by atoms with Gasteiger partial charge in [0, 0.05) is 19.6 Å². The maximum Gasteiger partial charge on any atom is 0.254 e. The van der Waals surface area contributed by atoms with Gasteiger partial charge in [0.15, 0.2) is 17.5 Å². The molecule has 1 aliphatic rings. The van der Waals surface area contributed by atoms with Crippen LogP contribution < -0.4 is 5.32 Å². The SMILES string of the molecule is Cc1cccc(C(CNC(=O)c2ccc(F)c(F)c2F)N2CCOCC2)c1. The first-order chi connectivity index (χ1) is 13.0. The number of nitrogens with one attached hydrogen (secondary N) is 1. The van der Waals surface area contributed by atoms with Crippen molar-refractivity contribution in [2.75, 3.05) is 32.8 Å². The zero-order valence-electron chi connectivity index (χ0n) is 15.0. The zero-order valence-corrected chi connectivity index (χ0v) is 15.0. The van der Waals surface area contributed by atoms with Crippen LogP contribution in [0.25, 0.3) is 0 Å². The van der Waals surface area contributed by atoms with Crippen molar-refractivity contribution in [1.82, 2.24) is 10.2 Å². The van der Waals surface area contributed by atoms with E-state index in [9.17, 15) is 18.0 Å². The molecule has 1 heterocycles. The Balaban J connectivity index is 1.78. The quantitative estimate of drug-likeness (QED) is 0.813. The van der Waals surface area contributed by atoms with E-state index in [0.29, 0.717) is 26.3 Å². The maximum atomic E-state index is 13.9. The number of carbonyl (C=O) groups excluding carboxylic acids is 1. The molecular weight excluding hydrogens is 357 g/mol. The minimum atomic E-state index is -1.65. The number of morpholine rings is 1. The Morgan fingerprint density at radius 2 is 1.89 bits per heavy atom. The number of carbonyl (C=O) groups is 1. The molecule has 0 aromatic heterocycles. The highest BCUT2D eigenvalue weighted by Crippen LogP contribution is 2.23. The van der Waals surface area contributed by atoms with E-state index < -0.39 is 28.9 Å². The Kier molecular flexibility index (Phi) is 6.13. The summed E-state index contributed by atoms with van der Waals surface area (Å²) in [7, 11) is 0. The molecule has 1 saturated heterocycles. The van der Waals surface area contributed by atoms with Crippen LogP contribution in [0.5, 0.6) is 0 Å². The van der Waals surface area contributed by atoms with E-state index in [1.165, 1.54) is 0 Å². The Hall–Kier alpha value is -2.38. The first-order valence-electron chi connectivity index (χ1n) is 8.77. The number of halogens is 3. The molecule has 0 spiro atoms. The zero-order chi connectivity index (χ0) is 19.4. The number of rotatable bonds is 5. The van der Waals surface area contributed by atoms with Crippen molar-refractivity contribution in [2.45, 2.75) is 13.0 Å². The monoisotopic (exact) mass is 378 g/mol. The van der Waals surface area contributed by atoms with Crippen molar-refractivity contribution >= 4 is 5.91 Å². The van der Waals surface area contributed by atoms with Crippen molar-refractivity contribution in [2.24, 2.45) is 0 Å². The molecule has 1 atom stereocenters. The third kappa shape index (κ3) is 4.48. The second kappa shape index (κ2) is 8.54. The Labute approximate surface area is 155 Å². The summed E-state index contributed by atoms with van der Waals surface area (Å²) in [6.07, 6.45) is 0. The van der Waals surface area contributed by atoms with Gasteiger partial charge in [-0.05, 0) is 24.6 Å². The summed E-state index contributed by atoms with van der Waals surface area (Å²) in [6, 6.07) is 9.48. The summed E-state index contributed by atoms with van der Waals surface area (Å²) in [5.74, 6) is -5.23. The van der Waals surface area contributed by atoms with E-state index in [1.54, 1.807) is 0 Å². The molecule has 2 aromatic carbocycles. The normalized spacial score (nSPS) is 16.1. The highest BCUT2D eigenvalue weighted by Gasteiger charge is 2.25. The van der Waals surface area contributed by atoms with Gasteiger partial charge in [-0.3, -0.25) is 9.69 Å². The van der Waals surface area contributed by atoms with Gasteiger partial charge in [-0.15, -0.1) is 0 Å². The predicted octanol–water partition coefficient (Wildman–Crippen LogP) is 3.22. The van der Waals surface area contributed by atoms with E-state index in [0.717, 1.165) is 23.3 Å².